The molecule has 7 heteroatoms. The number of hydrogen-bond donors (Lipinski definition) is 1. The Labute approximate surface area is 115 Å². The number of aryl methyl sites for hydroxylation is 1. The first-order valence-corrected chi connectivity index (χ1v) is 6.23. The lowest BCUT2D eigenvalue weighted by molar-refractivity contribution is -0.385. The van der Waals surface area contributed by atoms with Crippen molar-refractivity contribution in [1.82, 2.24) is 4.90 Å². The molecule has 0 spiro atoms. The van der Waals surface area contributed by atoms with Gasteiger partial charge >= 0.3 is 0 Å². The van der Waals surface area contributed by atoms with Gasteiger partial charge in [-0.2, -0.15) is 0 Å². The van der Waals surface area contributed by atoms with Crippen molar-refractivity contribution in [3.05, 3.63) is 39.2 Å². The molecule has 1 aromatic rings. The summed E-state index contributed by atoms with van der Waals surface area (Å²) in [5.74, 6) is -1.39. The molecule has 20 heavy (non-hydrogen) atoms. The Kier molecular flexibility index (Phi) is 3.47. The molecule has 6 nitrogen and oxygen atoms in total. The first kappa shape index (κ1) is 14.4. The SMILES string of the molecule is CCC1(O)CN(C(=O)c2cc([N+](=O)[O-])cc(C)c2F)C1. The van der Waals surface area contributed by atoms with Gasteiger partial charge in [-0.1, -0.05) is 6.92 Å². The molecule has 0 unspecified atom stereocenters. The van der Waals surface area contributed by atoms with Gasteiger partial charge in [0.25, 0.3) is 11.6 Å². The Morgan fingerprint density at radius 1 is 1.55 bits per heavy atom. The minimum atomic E-state index is -0.929. The van der Waals surface area contributed by atoms with Crippen LogP contribution >= 0.6 is 0 Å². The van der Waals surface area contributed by atoms with Crippen LogP contribution in [0.25, 0.3) is 0 Å². The van der Waals surface area contributed by atoms with Crippen molar-refractivity contribution >= 4 is 11.6 Å². The second kappa shape index (κ2) is 4.82. The van der Waals surface area contributed by atoms with E-state index in [2.05, 4.69) is 0 Å². The number of benzene rings is 1. The molecule has 1 aliphatic rings. The second-order valence-electron chi connectivity index (χ2n) is 5.12. The summed E-state index contributed by atoms with van der Waals surface area (Å²) in [4.78, 5) is 23.5. The number of non-ortho nitro benzene ring substituents is 1. The van der Waals surface area contributed by atoms with Gasteiger partial charge in [0.2, 0.25) is 0 Å². The number of nitrogens with zero attached hydrogens (tertiary/aromatic N) is 2. The molecule has 1 saturated heterocycles. The third-order valence-corrected chi connectivity index (χ3v) is 3.60. The van der Waals surface area contributed by atoms with E-state index in [-0.39, 0.29) is 29.9 Å². The summed E-state index contributed by atoms with van der Waals surface area (Å²) in [6.07, 6.45) is 0.493. The lowest BCUT2D eigenvalue weighted by Crippen LogP contribution is -2.63. The number of hydrogen-bond acceptors (Lipinski definition) is 4. The minimum absolute atomic E-state index is 0.0498. The van der Waals surface area contributed by atoms with Crippen LogP contribution in [0.1, 0.15) is 29.3 Å². The molecule has 1 heterocycles. The van der Waals surface area contributed by atoms with Gasteiger partial charge in [-0.3, -0.25) is 14.9 Å². The summed E-state index contributed by atoms with van der Waals surface area (Å²) in [6.45, 7) is 3.39. The standard InChI is InChI=1S/C13H15FN2O4/c1-3-13(18)6-15(7-13)12(17)10-5-9(16(19)20)4-8(2)11(10)14/h4-5,18H,3,6-7H2,1-2H3. The van der Waals surface area contributed by atoms with E-state index in [0.29, 0.717) is 6.42 Å². The van der Waals surface area contributed by atoms with E-state index in [0.717, 1.165) is 12.1 Å². The summed E-state index contributed by atoms with van der Waals surface area (Å²) in [5.41, 5.74) is -1.52. The van der Waals surface area contributed by atoms with Gasteiger partial charge in [0.15, 0.2) is 0 Å². The zero-order valence-electron chi connectivity index (χ0n) is 11.2. The number of carbonyl (C=O) groups excluding carboxylic acids is 1. The van der Waals surface area contributed by atoms with Crippen LogP contribution in [0.5, 0.6) is 0 Å². The van der Waals surface area contributed by atoms with E-state index >= 15 is 0 Å². The molecule has 1 amide bonds. The highest BCUT2D eigenvalue weighted by Gasteiger charge is 2.43. The summed E-state index contributed by atoms with van der Waals surface area (Å²) in [7, 11) is 0. The van der Waals surface area contributed by atoms with Crippen molar-refractivity contribution in [2.75, 3.05) is 13.1 Å². The van der Waals surface area contributed by atoms with Gasteiger partial charge in [-0.05, 0) is 18.9 Å². The molecule has 0 saturated carbocycles. The third-order valence-electron chi connectivity index (χ3n) is 3.60. The van der Waals surface area contributed by atoms with Crippen LogP contribution < -0.4 is 0 Å². The van der Waals surface area contributed by atoms with E-state index in [1.165, 1.54) is 11.8 Å². The highest BCUT2D eigenvalue weighted by Crippen LogP contribution is 2.28. The van der Waals surface area contributed by atoms with Crippen molar-refractivity contribution < 1.29 is 19.2 Å². The van der Waals surface area contributed by atoms with E-state index in [4.69, 9.17) is 0 Å². The predicted molar refractivity (Wildman–Crippen MR) is 68.9 cm³/mol. The zero-order valence-corrected chi connectivity index (χ0v) is 11.2. The van der Waals surface area contributed by atoms with E-state index < -0.39 is 22.2 Å². The number of likely N-dealkylation sites (tertiary alicyclic amines) is 1. The number of β-amino-alcohol motifs (C(OH)–C–C–N with tert-alkyl or cyclic N) is 1. The smallest absolute Gasteiger partial charge is 0.270 e. The molecule has 1 aliphatic heterocycles. The van der Waals surface area contributed by atoms with Crippen LogP contribution in [-0.4, -0.2) is 39.5 Å². The average molecular weight is 282 g/mol. The minimum Gasteiger partial charge on any atom is -0.386 e. The molecule has 0 radical (unpaired) electrons. The Bertz CT molecular complexity index is 582. The maximum Gasteiger partial charge on any atom is 0.270 e. The lowest BCUT2D eigenvalue weighted by atomic mass is 9.90. The first-order chi connectivity index (χ1) is 9.27. The van der Waals surface area contributed by atoms with Crippen molar-refractivity contribution in [3.8, 4) is 0 Å². The number of carbonyl (C=O) groups is 1. The Hall–Kier alpha value is -2.02. The fourth-order valence-corrected chi connectivity index (χ4v) is 2.21. The topological polar surface area (TPSA) is 83.7 Å². The van der Waals surface area contributed by atoms with Gasteiger partial charge in [0.1, 0.15) is 5.82 Å². The quantitative estimate of drug-likeness (QED) is 0.674. The van der Waals surface area contributed by atoms with Gasteiger partial charge < -0.3 is 10.0 Å². The Morgan fingerprint density at radius 2 is 2.15 bits per heavy atom. The average Bonchev–Trinajstić information content (AvgIpc) is 2.37. The summed E-state index contributed by atoms with van der Waals surface area (Å²) in [6, 6.07) is 2.03. The summed E-state index contributed by atoms with van der Waals surface area (Å²) >= 11 is 0. The summed E-state index contributed by atoms with van der Waals surface area (Å²) in [5, 5.41) is 20.6. The molecule has 0 atom stereocenters. The Balaban J connectivity index is 2.29. The van der Waals surface area contributed by atoms with Crippen molar-refractivity contribution in [1.29, 1.82) is 0 Å². The van der Waals surface area contributed by atoms with Crippen LogP contribution in [-0.2, 0) is 0 Å². The Morgan fingerprint density at radius 3 is 2.65 bits per heavy atom. The second-order valence-corrected chi connectivity index (χ2v) is 5.12. The lowest BCUT2D eigenvalue weighted by Gasteiger charge is -2.46. The molecule has 1 aromatic carbocycles. The molecule has 1 N–H and O–H groups in total. The predicted octanol–water partition coefficient (Wildman–Crippen LogP) is 1.64. The van der Waals surface area contributed by atoms with Crippen molar-refractivity contribution in [3.63, 3.8) is 0 Å². The van der Waals surface area contributed by atoms with Crippen molar-refractivity contribution in [2.45, 2.75) is 25.9 Å². The molecular formula is C13H15FN2O4. The van der Waals surface area contributed by atoms with Gasteiger partial charge in [0, 0.05) is 12.1 Å². The molecule has 0 bridgehead atoms. The summed E-state index contributed by atoms with van der Waals surface area (Å²) < 4.78 is 14.0. The number of halogens is 1. The van der Waals surface area contributed by atoms with Gasteiger partial charge in [-0.15, -0.1) is 0 Å². The normalized spacial score (nSPS) is 16.7. The molecular weight excluding hydrogens is 267 g/mol. The number of rotatable bonds is 3. The molecule has 0 aliphatic carbocycles. The number of nitro groups is 1. The van der Waals surface area contributed by atoms with Crippen LogP contribution in [0, 0.1) is 22.9 Å². The monoisotopic (exact) mass is 282 g/mol. The number of nitro benzene ring substituents is 1. The maximum absolute atomic E-state index is 14.0. The highest BCUT2D eigenvalue weighted by atomic mass is 19.1. The van der Waals surface area contributed by atoms with Gasteiger partial charge in [-0.25, -0.2) is 4.39 Å². The third kappa shape index (κ3) is 2.36. The van der Waals surface area contributed by atoms with Crippen LogP contribution in [0.15, 0.2) is 12.1 Å². The van der Waals surface area contributed by atoms with Crippen LogP contribution in [0.2, 0.25) is 0 Å². The zero-order chi connectivity index (χ0) is 15.1. The van der Waals surface area contributed by atoms with Gasteiger partial charge in [0.05, 0.1) is 29.2 Å². The van der Waals surface area contributed by atoms with Crippen molar-refractivity contribution in [2.24, 2.45) is 0 Å². The maximum atomic E-state index is 14.0. The van der Waals surface area contributed by atoms with E-state index in [9.17, 15) is 24.4 Å². The molecule has 2 rings (SSSR count). The molecule has 0 aromatic heterocycles. The van der Waals surface area contributed by atoms with Crippen LogP contribution in [0.4, 0.5) is 10.1 Å². The fraction of sp³-hybridized carbons (Fsp3) is 0.462. The molecule has 108 valence electrons. The number of amides is 1. The van der Waals surface area contributed by atoms with E-state index in [1.807, 2.05) is 0 Å². The van der Waals surface area contributed by atoms with Crippen LogP contribution in [0.3, 0.4) is 0 Å². The van der Waals surface area contributed by atoms with E-state index in [1.54, 1.807) is 6.92 Å². The molecule has 1 fully saturated rings. The first-order valence-electron chi connectivity index (χ1n) is 6.23. The highest BCUT2D eigenvalue weighted by molar-refractivity contribution is 5.96. The number of aliphatic hydroxyl groups is 1. The largest absolute Gasteiger partial charge is 0.386 e. The fourth-order valence-electron chi connectivity index (χ4n) is 2.21.